The second kappa shape index (κ2) is 7.44. The Kier molecular flexibility index (Phi) is 6.15. The Hall–Kier alpha value is -0.840. The fourth-order valence-electron chi connectivity index (χ4n) is 1.61. The molecule has 0 aromatic carbocycles. The molecule has 4 nitrogen and oxygen atoms in total. The molecule has 0 aliphatic carbocycles. The minimum Gasteiger partial charge on any atom is -0.395 e. The van der Waals surface area contributed by atoms with E-state index in [0.717, 1.165) is 11.4 Å². The van der Waals surface area contributed by atoms with Gasteiger partial charge in [0.1, 0.15) is 0 Å². The fraction of sp³-hybridized carbons (Fsp3) is 0.667. The molecule has 0 unspecified atom stereocenters. The van der Waals surface area contributed by atoms with Crippen LogP contribution in [0.2, 0.25) is 0 Å². The van der Waals surface area contributed by atoms with Crippen LogP contribution in [-0.4, -0.2) is 29.5 Å². The summed E-state index contributed by atoms with van der Waals surface area (Å²) >= 11 is 0. The quantitative estimate of drug-likeness (QED) is 0.733. The number of aromatic nitrogens is 1. The van der Waals surface area contributed by atoms with Crippen LogP contribution in [0.1, 0.15) is 25.2 Å². The standard InChI is InChI=1S/C12H21NO3/c1-3-15-9-11-5-6-12(10-16-4-2)13(11)7-8-14/h5-6,14H,3-4,7-10H2,1-2H3. The number of aliphatic hydroxyl groups excluding tert-OH is 1. The minimum absolute atomic E-state index is 0.132. The molecule has 0 spiro atoms. The summed E-state index contributed by atoms with van der Waals surface area (Å²) in [5.41, 5.74) is 2.18. The second-order valence-electron chi connectivity index (χ2n) is 3.47. The Bertz CT molecular complexity index is 271. The van der Waals surface area contributed by atoms with Gasteiger partial charge < -0.3 is 19.1 Å². The fourth-order valence-corrected chi connectivity index (χ4v) is 1.61. The smallest absolute Gasteiger partial charge is 0.0867 e. The zero-order valence-corrected chi connectivity index (χ0v) is 10.1. The number of nitrogens with zero attached hydrogens (tertiary/aromatic N) is 1. The van der Waals surface area contributed by atoms with Crippen LogP contribution in [0.15, 0.2) is 12.1 Å². The number of rotatable bonds is 8. The Labute approximate surface area is 96.8 Å². The molecule has 16 heavy (non-hydrogen) atoms. The molecule has 1 rings (SSSR count). The van der Waals surface area contributed by atoms with Crippen LogP contribution in [0.25, 0.3) is 0 Å². The van der Waals surface area contributed by atoms with Crippen LogP contribution in [0.5, 0.6) is 0 Å². The third-order valence-corrected chi connectivity index (χ3v) is 2.39. The summed E-state index contributed by atoms with van der Waals surface area (Å²) in [6, 6.07) is 4.05. The maximum Gasteiger partial charge on any atom is 0.0867 e. The summed E-state index contributed by atoms with van der Waals surface area (Å²) in [5, 5.41) is 9.04. The monoisotopic (exact) mass is 227 g/mol. The first kappa shape index (κ1) is 13.2. The van der Waals surface area contributed by atoms with E-state index in [2.05, 4.69) is 4.57 Å². The topological polar surface area (TPSA) is 43.6 Å². The van der Waals surface area contributed by atoms with E-state index in [4.69, 9.17) is 14.6 Å². The van der Waals surface area contributed by atoms with Crippen LogP contribution in [0, 0.1) is 0 Å². The lowest BCUT2D eigenvalue weighted by molar-refractivity contribution is 0.118. The minimum atomic E-state index is 0.132. The van der Waals surface area contributed by atoms with Crippen LogP contribution >= 0.6 is 0 Å². The van der Waals surface area contributed by atoms with Gasteiger partial charge >= 0.3 is 0 Å². The van der Waals surface area contributed by atoms with Crippen molar-refractivity contribution in [2.45, 2.75) is 33.6 Å². The molecule has 0 radical (unpaired) electrons. The first-order valence-corrected chi connectivity index (χ1v) is 5.77. The highest BCUT2D eigenvalue weighted by Crippen LogP contribution is 2.12. The van der Waals surface area contributed by atoms with Crippen molar-refractivity contribution in [3.63, 3.8) is 0 Å². The van der Waals surface area contributed by atoms with E-state index >= 15 is 0 Å². The molecule has 0 aliphatic rings. The normalized spacial score (nSPS) is 10.9. The van der Waals surface area contributed by atoms with Crippen molar-refractivity contribution >= 4 is 0 Å². The predicted octanol–water partition coefficient (Wildman–Crippen LogP) is 1.55. The molecule has 0 saturated heterocycles. The average Bonchev–Trinajstić information content (AvgIpc) is 2.67. The first-order valence-electron chi connectivity index (χ1n) is 5.77. The summed E-state index contributed by atoms with van der Waals surface area (Å²) < 4.78 is 12.8. The maximum atomic E-state index is 9.04. The summed E-state index contributed by atoms with van der Waals surface area (Å²) in [7, 11) is 0. The first-order chi connectivity index (χ1) is 7.83. The molecule has 0 aliphatic heterocycles. The van der Waals surface area contributed by atoms with E-state index in [1.165, 1.54) is 0 Å². The zero-order valence-electron chi connectivity index (χ0n) is 10.1. The Morgan fingerprint density at radius 3 is 1.94 bits per heavy atom. The predicted molar refractivity (Wildman–Crippen MR) is 62.2 cm³/mol. The highest BCUT2D eigenvalue weighted by atomic mass is 16.5. The van der Waals surface area contributed by atoms with Crippen molar-refractivity contribution in [1.29, 1.82) is 0 Å². The van der Waals surface area contributed by atoms with E-state index in [0.29, 0.717) is 33.0 Å². The number of hydrogen-bond acceptors (Lipinski definition) is 3. The summed E-state index contributed by atoms with van der Waals surface area (Å²) in [6.07, 6.45) is 0. The molecule has 0 fully saturated rings. The number of hydrogen-bond donors (Lipinski definition) is 1. The molecule has 1 heterocycles. The lowest BCUT2D eigenvalue weighted by Gasteiger charge is -2.12. The van der Waals surface area contributed by atoms with Crippen molar-refractivity contribution in [3.8, 4) is 0 Å². The molecular weight excluding hydrogens is 206 g/mol. The summed E-state index contributed by atoms with van der Waals surface area (Å²) in [6.45, 7) is 7.24. The van der Waals surface area contributed by atoms with Crippen molar-refractivity contribution < 1.29 is 14.6 Å². The van der Waals surface area contributed by atoms with Crippen LogP contribution in [-0.2, 0) is 29.2 Å². The Morgan fingerprint density at radius 1 is 1.06 bits per heavy atom. The largest absolute Gasteiger partial charge is 0.395 e. The molecule has 1 aromatic rings. The van der Waals surface area contributed by atoms with Gasteiger partial charge in [-0.25, -0.2) is 0 Å². The molecule has 0 saturated carbocycles. The van der Waals surface area contributed by atoms with Gasteiger partial charge in [-0.3, -0.25) is 0 Å². The highest BCUT2D eigenvalue weighted by Gasteiger charge is 2.07. The third-order valence-electron chi connectivity index (χ3n) is 2.39. The SMILES string of the molecule is CCOCc1ccc(COCC)n1CCO. The van der Waals surface area contributed by atoms with Gasteiger partial charge in [0, 0.05) is 31.1 Å². The molecule has 1 aromatic heterocycles. The molecule has 0 bridgehead atoms. The van der Waals surface area contributed by atoms with Crippen molar-refractivity contribution in [3.05, 3.63) is 23.5 Å². The van der Waals surface area contributed by atoms with E-state index in [9.17, 15) is 0 Å². The lowest BCUT2D eigenvalue weighted by atomic mass is 10.4. The summed E-state index contributed by atoms with van der Waals surface area (Å²) in [4.78, 5) is 0. The highest BCUT2D eigenvalue weighted by molar-refractivity contribution is 5.15. The van der Waals surface area contributed by atoms with Gasteiger partial charge in [0.25, 0.3) is 0 Å². The van der Waals surface area contributed by atoms with Gasteiger partial charge in [-0.05, 0) is 26.0 Å². The van der Waals surface area contributed by atoms with Gasteiger partial charge in [0.15, 0.2) is 0 Å². The van der Waals surface area contributed by atoms with Gasteiger partial charge in [-0.2, -0.15) is 0 Å². The summed E-state index contributed by atoms with van der Waals surface area (Å²) in [5.74, 6) is 0. The Morgan fingerprint density at radius 2 is 1.56 bits per heavy atom. The zero-order chi connectivity index (χ0) is 11.8. The van der Waals surface area contributed by atoms with Gasteiger partial charge in [-0.15, -0.1) is 0 Å². The van der Waals surface area contributed by atoms with Crippen LogP contribution in [0.3, 0.4) is 0 Å². The molecular formula is C12H21NO3. The van der Waals surface area contributed by atoms with E-state index in [1.54, 1.807) is 0 Å². The van der Waals surface area contributed by atoms with Crippen molar-refractivity contribution in [2.24, 2.45) is 0 Å². The second-order valence-corrected chi connectivity index (χ2v) is 3.47. The lowest BCUT2D eigenvalue weighted by Crippen LogP contribution is -2.11. The Balaban J connectivity index is 2.70. The van der Waals surface area contributed by atoms with E-state index in [-0.39, 0.29) is 6.61 Å². The molecule has 92 valence electrons. The van der Waals surface area contributed by atoms with Crippen LogP contribution < -0.4 is 0 Å². The maximum absolute atomic E-state index is 9.04. The molecule has 4 heteroatoms. The van der Waals surface area contributed by atoms with Gasteiger partial charge in [0.05, 0.1) is 19.8 Å². The van der Waals surface area contributed by atoms with Crippen LogP contribution in [0.4, 0.5) is 0 Å². The average molecular weight is 227 g/mol. The molecule has 0 atom stereocenters. The van der Waals surface area contributed by atoms with Crippen molar-refractivity contribution in [2.75, 3.05) is 19.8 Å². The third kappa shape index (κ3) is 3.63. The van der Waals surface area contributed by atoms with E-state index in [1.807, 2.05) is 26.0 Å². The number of ether oxygens (including phenoxy) is 2. The van der Waals surface area contributed by atoms with Crippen molar-refractivity contribution in [1.82, 2.24) is 4.57 Å². The van der Waals surface area contributed by atoms with Gasteiger partial charge in [-0.1, -0.05) is 0 Å². The van der Waals surface area contributed by atoms with E-state index < -0.39 is 0 Å². The molecule has 1 N–H and O–H groups in total. The molecule has 0 amide bonds. The van der Waals surface area contributed by atoms with Gasteiger partial charge in [0.2, 0.25) is 0 Å². The number of aliphatic hydroxyl groups is 1.